The van der Waals surface area contributed by atoms with Gasteiger partial charge in [0.25, 0.3) is 0 Å². The van der Waals surface area contributed by atoms with Crippen LogP contribution in [0.2, 0.25) is 5.02 Å². The highest BCUT2D eigenvalue weighted by molar-refractivity contribution is 6.31. The third-order valence-corrected chi connectivity index (χ3v) is 4.02. The Labute approximate surface area is 127 Å². The zero-order valence-electron chi connectivity index (χ0n) is 12.5. The van der Waals surface area contributed by atoms with Crippen LogP contribution in [-0.4, -0.2) is 33.4 Å². The number of likely N-dealkylation sites (N-methyl/N-ethyl adjacent to an activating group) is 1. The second-order valence-electron chi connectivity index (χ2n) is 5.50. The average Bonchev–Trinajstić information content (AvgIpc) is 3.26. The van der Waals surface area contributed by atoms with Gasteiger partial charge in [-0.3, -0.25) is 0 Å². The maximum Gasteiger partial charge on any atom is 0.0641 e. The van der Waals surface area contributed by atoms with Crippen molar-refractivity contribution in [2.45, 2.75) is 26.3 Å². The SMILES string of the molecule is CCNCc1ccc(N(C)CCOCC2CC2)cc1Cl. The van der Waals surface area contributed by atoms with Crippen LogP contribution in [-0.2, 0) is 11.3 Å². The Kier molecular flexibility index (Phi) is 6.14. The van der Waals surface area contributed by atoms with E-state index in [-0.39, 0.29) is 0 Å². The molecule has 1 saturated carbocycles. The van der Waals surface area contributed by atoms with Crippen LogP contribution in [0.25, 0.3) is 0 Å². The minimum atomic E-state index is 0.782. The topological polar surface area (TPSA) is 24.5 Å². The van der Waals surface area contributed by atoms with Gasteiger partial charge in [-0.15, -0.1) is 0 Å². The van der Waals surface area contributed by atoms with Gasteiger partial charge in [-0.25, -0.2) is 0 Å². The van der Waals surface area contributed by atoms with E-state index in [1.807, 2.05) is 6.07 Å². The summed E-state index contributed by atoms with van der Waals surface area (Å²) in [6.45, 7) is 6.48. The first-order valence-electron chi connectivity index (χ1n) is 7.48. The highest BCUT2D eigenvalue weighted by atomic mass is 35.5. The molecule has 20 heavy (non-hydrogen) atoms. The van der Waals surface area contributed by atoms with Gasteiger partial charge in [-0.1, -0.05) is 24.6 Å². The van der Waals surface area contributed by atoms with Crippen LogP contribution in [0.3, 0.4) is 0 Å². The summed E-state index contributed by atoms with van der Waals surface area (Å²) in [6.07, 6.45) is 2.69. The van der Waals surface area contributed by atoms with Crippen molar-refractivity contribution < 1.29 is 4.74 Å². The van der Waals surface area contributed by atoms with Crippen molar-refractivity contribution in [1.82, 2.24) is 5.32 Å². The number of ether oxygens (including phenoxy) is 1. The molecule has 1 fully saturated rings. The van der Waals surface area contributed by atoms with Gasteiger partial charge in [0.05, 0.1) is 6.61 Å². The molecule has 0 amide bonds. The number of hydrogen-bond donors (Lipinski definition) is 1. The van der Waals surface area contributed by atoms with Crippen LogP contribution in [0, 0.1) is 5.92 Å². The van der Waals surface area contributed by atoms with Crippen molar-refractivity contribution in [3.05, 3.63) is 28.8 Å². The quantitative estimate of drug-likeness (QED) is 0.708. The largest absolute Gasteiger partial charge is 0.379 e. The molecule has 1 aliphatic carbocycles. The summed E-state index contributed by atoms with van der Waals surface area (Å²) >= 11 is 6.32. The summed E-state index contributed by atoms with van der Waals surface area (Å²) in [4.78, 5) is 2.19. The van der Waals surface area contributed by atoms with E-state index in [0.29, 0.717) is 0 Å². The van der Waals surface area contributed by atoms with Crippen LogP contribution in [0.1, 0.15) is 25.3 Å². The summed E-state index contributed by atoms with van der Waals surface area (Å²) in [6, 6.07) is 6.26. The van der Waals surface area contributed by atoms with Gasteiger partial charge in [-0.2, -0.15) is 0 Å². The molecule has 0 atom stereocenters. The standard InChI is InChI=1S/C16H25ClN2O/c1-3-18-11-14-6-7-15(10-16(14)17)19(2)8-9-20-12-13-4-5-13/h6-7,10,13,18H,3-5,8-9,11-12H2,1-2H3. The van der Waals surface area contributed by atoms with Gasteiger partial charge >= 0.3 is 0 Å². The molecule has 3 nitrogen and oxygen atoms in total. The van der Waals surface area contributed by atoms with Crippen LogP contribution in [0.5, 0.6) is 0 Å². The lowest BCUT2D eigenvalue weighted by Crippen LogP contribution is -2.23. The Morgan fingerprint density at radius 1 is 1.40 bits per heavy atom. The number of anilines is 1. The molecule has 0 heterocycles. The minimum Gasteiger partial charge on any atom is -0.379 e. The lowest BCUT2D eigenvalue weighted by molar-refractivity contribution is 0.131. The van der Waals surface area contributed by atoms with Crippen molar-refractivity contribution in [2.75, 3.05) is 38.3 Å². The van der Waals surface area contributed by atoms with E-state index in [4.69, 9.17) is 16.3 Å². The summed E-state index contributed by atoms with van der Waals surface area (Å²) in [5, 5.41) is 4.12. The zero-order valence-corrected chi connectivity index (χ0v) is 13.2. The van der Waals surface area contributed by atoms with Gasteiger partial charge in [0, 0.05) is 37.5 Å². The first-order valence-corrected chi connectivity index (χ1v) is 7.86. The van der Waals surface area contributed by atoms with Crippen molar-refractivity contribution in [3.63, 3.8) is 0 Å². The van der Waals surface area contributed by atoms with Gasteiger partial charge in [0.1, 0.15) is 0 Å². The van der Waals surface area contributed by atoms with E-state index < -0.39 is 0 Å². The number of rotatable bonds is 9. The Morgan fingerprint density at radius 3 is 2.85 bits per heavy atom. The number of nitrogens with zero attached hydrogens (tertiary/aromatic N) is 1. The summed E-state index contributed by atoms with van der Waals surface area (Å²) in [7, 11) is 2.08. The van der Waals surface area contributed by atoms with Gasteiger partial charge < -0.3 is 15.0 Å². The molecule has 1 N–H and O–H groups in total. The fraction of sp³-hybridized carbons (Fsp3) is 0.625. The molecule has 112 valence electrons. The second-order valence-corrected chi connectivity index (χ2v) is 5.90. The summed E-state index contributed by atoms with van der Waals surface area (Å²) in [5.74, 6) is 0.833. The average molecular weight is 297 g/mol. The molecule has 1 aromatic rings. The van der Waals surface area contributed by atoms with E-state index >= 15 is 0 Å². The predicted molar refractivity (Wildman–Crippen MR) is 85.6 cm³/mol. The predicted octanol–water partition coefficient (Wildman–Crippen LogP) is 3.31. The number of nitrogens with one attached hydrogen (secondary N) is 1. The molecule has 0 unspecified atom stereocenters. The summed E-state index contributed by atoms with van der Waals surface area (Å²) < 4.78 is 5.67. The Morgan fingerprint density at radius 2 is 2.20 bits per heavy atom. The molecular weight excluding hydrogens is 272 g/mol. The van der Waals surface area contributed by atoms with E-state index in [1.54, 1.807) is 0 Å². The maximum absolute atomic E-state index is 6.32. The molecule has 0 bridgehead atoms. The number of hydrogen-bond acceptors (Lipinski definition) is 3. The monoisotopic (exact) mass is 296 g/mol. The normalized spacial score (nSPS) is 14.6. The third kappa shape index (κ3) is 4.97. The van der Waals surface area contributed by atoms with E-state index in [1.165, 1.54) is 12.8 Å². The lowest BCUT2D eigenvalue weighted by atomic mass is 10.2. The van der Waals surface area contributed by atoms with Crippen LogP contribution in [0.4, 0.5) is 5.69 Å². The Bertz CT molecular complexity index is 421. The molecule has 1 aliphatic rings. The van der Waals surface area contributed by atoms with E-state index in [9.17, 15) is 0 Å². The zero-order chi connectivity index (χ0) is 14.4. The third-order valence-electron chi connectivity index (χ3n) is 3.66. The molecule has 0 saturated heterocycles. The second kappa shape index (κ2) is 7.87. The van der Waals surface area contributed by atoms with Gasteiger partial charge in [-0.05, 0) is 43.0 Å². The highest BCUT2D eigenvalue weighted by Crippen LogP contribution is 2.28. The molecular formula is C16H25ClN2O. The Hall–Kier alpha value is -0.770. The molecule has 0 spiro atoms. The van der Waals surface area contributed by atoms with Crippen molar-refractivity contribution in [1.29, 1.82) is 0 Å². The molecule has 0 radical (unpaired) electrons. The van der Waals surface area contributed by atoms with E-state index in [2.05, 4.69) is 36.3 Å². The molecule has 0 aromatic heterocycles. The van der Waals surface area contributed by atoms with Gasteiger partial charge in [0.15, 0.2) is 0 Å². The van der Waals surface area contributed by atoms with E-state index in [0.717, 1.165) is 55.0 Å². The number of benzene rings is 1. The van der Waals surface area contributed by atoms with Crippen LogP contribution >= 0.6 is 11.6 Å². The maximum atomic E-state index is 6.32. The van der Waals surface area contributed by atoms with Crippen LogP contribution < -0.4 is 10.2 Å². The molecule has 1 aromatic carbocycles. The highest BCUT2D eigenvalue weighted by Gasteiger charge is 2.20. The minimum absolute atomic E-state index is 0.782. The number of halogens is 1. The fourth-order valence-corrected chi connectivity index (χ4v) is 2.28. The summed E-state index contributed by atoms with van der Waals surface area (Å²) in [5.41, 5.74) is 2.29. The first-order chi connectivity index (χ1) is 9.70. The molecule has 4 heteroatoms. The Balaban J connectivity index is 1.78. The van der Waals surface area contributed by atoms with Crippen LogP contribution in [0.15, 0.2) is 18.2 Å². The fourth-order valence-electron chi connectivity index (χ4n) is 2.04. The lowest BCUT2D eigenvalue weighted by Gasteiger charge is -2.20. The molecule has 0 aliphatic heterocycles. The van der Waals surface area contributed by atoms with Gasteiger partial charge in [0.2, 0.25) is 0 Å². The van der Waals surface area contributed by atoms with Crippen molar-refractivity contribution in [2.24, 2.45) is 5.92 Å². The smallest absolute Gasteiger partial charge is 0.0641 e. The first kappa shape index (κ1) is 15.6. The van der Waals surface area contributed by atoms with Crippen molar-refractivity contribution in [3.8, 4) is 0 Å². The van der Waals surface area contributed by atoms with Crippen molar-refractivity contribution >= 4 is 17.3 Å². The molecule has 2 rings (SSSR count).